The van der Waals surface area contributed by atoms with Gasteiger partial charge in [-0.25, -0.2) is 13.2 Å². The summed E-state index contributed by atoms with van der Waals surface area (Å²) in [6.45, 7) is 1.48. The average Bonchev–Trinajstić information content (AvgIpc) is 2.90. The number of fused-ring (bicyclic) bond motifs is 1. The number of benzene rings is 1. The number of nitrogens with one attached hydrogen (secondary N) is 1. The first-order valence-electron chi connectivity index (χ1n) is 7.51. The molecular weight excluding hydrogens is 384 g/mol. The molecule has 0 saturated carbocycles. The van der Waals surface area contributed by atoms with Gasteiger partial charge in [0, 0.05) is 23.0 Å². The van der Waals surface area contributed by atoms with Crippen molar-refractivity contribution in [2.45, 2.75) is 17.9 Å². The maximum absolute atomic E-state index is 12.6. The van der Waals surface area contributed by atoms with E-state index in [-0.39, 0.29) is 4.90 Å². The number of carbonyl (C=O) groups is 1. The molecule has 0 bridgehead atoms. The molecule has 6 nitrogen and oxygen atoms in total. The van der Waals surface area contributed by atoms with E-state index in [9.17, 15) is 13.2 Å². The topological polar surface area (TPSA) is 75.7 Å². The Morgan fingerprint density at radius 3 is 2.64 bits per heavy atom. The molecule has 2 heterocycles. The van der Waals surface area contributed by atoms with Crippen LogP contribution in [0.25, 0.3) is 0 Å². The highest BCUT2D eigenvalue weighted by atomic mass is 35.5. The molecule has 0 amide bonds. The number of likely N-dealkylation sites (N-methyl/N-ethyl adjacent to an activating group) is 1. The van der Waals surface area contributed by atoms with E-state index in [2.05, 4.69) is 9.62 Å². The molecule has 0 saturated heterocycles. The Balaban J connectivity index is 2.02. The van der Waals surface area contributed by atoms with Crippen molar-refractivity contribution in [3.05, 3.63) is 45.3 Å². The lowest BCUT2D eigenvalue weighted by Gasteiger charge is -2.22. The van der Waals surface area contributed by atoms with Crippen LogP contribution < -0.4 is 4.72 Å². The molecule has 0 spiro atoms. The smallest absolute Gasteiger partial charge is 0.341 e. The molecule has 0 radical (unpaired) electrons. The molecule has 1 aromatic carbocycles. The summed E-state index contributed by atoms with van der Waals surface area (Å²) in [5.74, 6) is -0.532. The van der Waals surface area contributed by atoms with Gasteiger partial charge in [0.2, 0.25) is 0 Å². The van der Waals surface area contributed by atoms with E-state index in [1.54, 1.807) is 0 Å². The van der Waals surface area contributed by atoms with E-state index in [1.165, 1.54) is 42.7 Å². The van der Waals surface area contributed by atoms with Gasteiger partial charge in [-0.1, -0.05) is 11.6 Å². The number of esters is 1. The third-order valence-electron chi connectivity index (χ3n) is 3.99. The first-order valence-corrected chi connectivity index (χ1v) is 10.2. The van der Waals surface area contributed by atoms with Crippen LogP contribution in [-0.2, 0) is 27.7 Å². The standard InChI is InChI=1S/C16H17ClN2O4S2/c1-19-8-7-12-13(9-19)24-15(14(12)16(20)23-2)18-25(21,22)11-5-3-10(17)4-6-11/h3-6,18H,7-9H2,1-2H3. The largest absolute Gasteiger partial charge is 0.465 e. The fourth-order valence-corrected chi connectivity index (χ4v) is 5.46. The van der Waals surface area contributed by atoms with Crippen molar-refractivity contribution in [3.8, 4) is 0 Å². The molecule has 3 rings (SSSR count). The van der Waals surface area contributed by atoms with Crippen LogP contribution in [0.2, 0.25) is 5.02 Å². The molecule has 0 fully saturated rings. The fourth-order valence-electron chi connectivity index (χ4n) is 2.72. The first kappa shape index (κ1) is 18.2. The number of hydrogen-bond donors (Lipinski definition) is 1. The highest BCUT2D eigenvalue weighted by Crippen LogP contribution is 2.38. The van der Waals surface area contributed by atoms with E-state index in [0.29, 0.717) is 28.6 Å². The summed E-state index contributed by atoms with van der Waals surface area (Å²) in [5, 5.41) is 0.742. The van der Waals surface area contributed by atoms with Crippen molar-refractivity contribution >= 4 is 43.9 Å². The average molecular weight is 401 g/mol. The third kappa shape index (κ3) is 3.67. The molecule has 0 unspecified atom stereocenters. The predicted molar refractivity (Wildman–Crippen MR) is 98.0 cm³/mol. The number of sulfonamides is 1. The third-order valence-corrected chi connectivity index (χ3v) is 6.87. The van der Waals surface area contributed by atoms with Gasteiger partial charge in [0.1, 0.15) is 5.00 Å². The number of nitrogens with zero attached hydrogens (tertiary/aromatic N) is 1. The minimum atomic E-state index is -3.83. The quantitative estimate of drug-likeness (QED) is 0.798. The van der Waals surface area contributed by atoms with Crippen LogP contribution in [0.15, 0.2) is 29.2 Å². The number of rotatable bonds is 4. The van der Waals surface area contributed by atoms with Crippen LogP contribution in [0.5, 0.6) is 0 Å². The summed E-state index contributed by atoms with van der Waals surface area (Å²) in [4.78, 5) is 15.4. The molecular formula is C16H17ClN2O4S2. The van der Waals surface area contributed by atoms with E-state index in [0.717, 1.165) is 17.0 Å². The van der Waals surface area contributed by atoms with Gasteiger partial charge in [-0.15, -0.1) is 11.3 Å². The Morgan fingerprint density at radius 1 is 1.32 bits per heavy atom. The van der Waals surface area contributed by atoms with Crippen molar-refractivity contribution in [1.82, 2.24) is 4.90 Å². The van der Waals surface area contributed by atoms with Gasteiger partial charge in [-0.05, 0) is 43.3 Å². The Kier molecular flexibility index (Phi) is 5.06. The second-order valence-corrected chi connectivity index (χ2v) is 8.97. The van der Waals surface area contributed by atoms with Gasteiger partial charge in [0.05, 0.1) is 17.6 Å². The minimum absolute atomic E-state index is 0.0798. The molecule has 25 heavy (non-hydrogen) atoms. The van der Waals surface area contributed by atoms with Gasteiger partial charge >= 0.3 is 5.97 Å². The molecule has 0 atom stereocenters. The summed E-state index contributed by atoms with van der Waals surface area (Å²) < 4.78 is 32.7. The van der Waals surface area contributed by atoms with E-state index in [1.807, 2.05) is 7.05 Å². The summed E-state index contributed by atoms with van der Waals surface area (Å²) in [7, 11) is -0.552. The number of anilines is 1. The normalized spacial score (nSPS) is 14.8. The summed E-state index contributed by atoms with van der Waals surface area (Å²) in [6.07, 6.45) is 0.676. The van der Waals surface area contributed by atoms with Crippen LogP contribution in [-0.4, -0.2) is 40.0 Å². The Bertz CT molecular complexity index is 907. The Labute approximate surface area is 155 Å². The highest BCUT2D eigenvalue weighted by Gasteiger charge is 2.29. The molecule has 9 heteroatoms. The molecule has 1 N–H and O–H groups in total. The van der Waals surface area contributed by atoms with Gasteiger partial charge in [-0.3, -0.25) is 4.72 Å². The van der Waals surface area contributed by atoms with Gasteiger partial charge in [0.25, 0.3) is 10.0 Å². The first-order chi connectivity index (χ1) is 11.8. The van der Waals surface area contributed by atoms with Crippen molar-refractivity contribution in [2.24, 2.45) is 0 Å². The van der Waals surface area contributed by atoms with E-state index in [4.69, 9.17) is 16.3 Å². The number of ether oxygens (including phenoxy) is 1. The van der Waals surface area contributed by atoms with Crippen molar-refractivity contribution < 1.29 is 17.9 Å². The lowest BCUT2D eigenvalue weighted by Crippen LogP contribution is -2.26. The second kappa shape index (κ2) is 6.95. The Morgan fingerprint density at radius 2 is 2.00 bits per heavy atom. The molecule has 1 aliphatic heterocycles. The maximum Gasteiger partial charge on any atom is 0.341 e. The van der Waals surface area contributed by atoms with Crippen LogP contribution in [0.4, 0.5) is 5.00 Å². The molecule has 134 valence electrons. The summed E-state index contributed by atoms with van der Waals surface area (Å²) in [6, 6.07) is 5.85. The van der Waals surface area contributed by atoms with Crippen LogP contribution >= 0.6 is 22.9 Å². The van der Waals surface area contributed by atoms with Gasteiger partial charge in [0.15, 0.2) is 0 Å². The van der Waals surface area contributed by atoms with Crippen LogP contribution in [0.3, 0.4) is 0 Å². The fraction of sp³-hybridized carbons (Fsp3) is 0.312. The van der Waals surface area contributed by atoms with E-state index >= 15 is 0 Å². The zero-order chi connectivity index (χ0) is 18.2. The van der Waals surface area contributed by atoms with Crippen molar-refractivity contribution in [3.63, 3.8) is 0 Å². The number of carbonyl (C=O) groups excluding carboxylic acids is 1. The monoisotopic (exact) mass is 400 g/mol. The number of methoxy groups -OCH3 is 1. The number of thiophene rings is 1. The SMILES string of the molecule is COC(=O)c1c(NS(=O)(=O)c2ccc(Cl)cc2)sc2c1CCN(C)C2. The van der Waals surface area contributed by atoms with Crippen LogP contribution in [0, 0.1) is 0 Å². The van der Waals surface area contributed by atoms with Crippen molar-refractivity contribution in [2.75, 3.05) is 25.4 Å². The lowest BCUT2D eigenvalue weighted by molar-refractivity contribution is 0.0600. The number of halogens is 1. The zero-order valence-corrected chi connectivity index (χ0v) is 16.1. The number of hydrogen-bond acceptors (Lipinski definition) is 6. The molecule has 1 aliphatic rings. The predicted octanol–water partition coefficient (Wildman–Crippen LogP) is 2.98. The Hall–Kier alpha value is -1.61. The highest BCUT2D eigenvalue weighted by molar-refractivity contribution is 7.93. The van der Waals surface area contributed by atoms with Gasteiger partial charge < -0.3 is 9.64 Å². The maximum atomic E-state index is 12.6. The van der Waals surface area contributed by atoms with Gasteiger partial charge in [-0.2, -0.15) is 0 Å². The van der Waals surface area contributed by atoms with E-state index < -0.39 is 16.0 Å². The molecule has 1 aromatic heterocycles. The molecule has 0 aliphatic carbocycles. The summed E-state index contributed by atoms with van der Waals surface area (Å²) >= 11 is 7.09. The lowest BCUT2D eigenvalue weighted by atomic mass is 10.0. The van der Waals surface area contributed by atoms with Crippen molar-refractivity contribution in [1.29, 1.82) is 0 Å². The second-order valence-electron chi connectivity index (χ2n) is 5.75. The molecule has 2 aromatic rings. The minimum Gasteiger partial charge on any atom is -0.465 e. The van der Waals surface area contributed by atoms with Crippen LogP contribution in [0.1, 0.15) is 20.8 Å². The zero-order valence-electron chi connectivity index (χ0n) is 13.7. The summed E-state index contributed by atoms with van der Waals surface area (Å²) in [5.41, 5.74) is 1.18.